The van der Waals surface area contributed by atoms with Gasteiger partial charge in [-0.2, -0.15) is 5.10 Å². The zero-order valence-corrected chi connectivity index (χ0v) is 14.5. The first-order valence-electron chi connectivity index (χ1n) is 9.58. The molecular weight excluding hydrogens is 314 g/mol. The van der Waals surface area contributed by atoms with Gasteiger partial charge in [0, 0.05) is 30.4 Å². The normalized spacial score (nSPS) is 38.9. The van der Waals surface area contributed by atoms with Crippen molar-refractivity contribution in [3.63, 3.8) is 0 Å². The number of hydrogen-bond donors (Lipinski definition) is 1. The van der Waals surface area contributed by atoms with Crippen molar-refractivity contribution in [1.29, 1.82) is 0 Å². The second kappa shape index (κ2) is 5.06. The Kier molecular flexibility index (Phi) is 2.98. The highest BCUT2D eigenvalue weighted by Gasteiger charge is 2.60. The molecule has 0 radical (unpaired) electrons. The van der Waals surface area contributed by atoms with Gasteiger partial charge in [0.15, 0.2) is 0 Å². The van der Waals surface area contributed by atoms with Gasteiger partial charge in [-0.1, -0.05) is 6.07 Å². The number of aromatic amines is 1. The number of H-pyrrole nitrogens is 1. The number of fused-ring (bicyclic) bond motifs is 3. The van der Waals surface area contributed by atoms with Crippen LogP contribution in [0.2, 0.25) is 0 Å². The van der Waals surface area contributed by atoms with Crippen molar-refractivity contribution in [2.24, 2.45) is 17.3 Å². The Morgan fingerprint density at radius 2 is 2.24 bits per heavy atom. The van der Waals surface area contributed by atoms with Crippen molar-refractivity contribution in [1.82, 2.24) is 15.1 Å². The fraction of sp³-hybridized carbons (Fsp3) is 0.650. The Morgan fingerprint density at radius 1 is 1.28 bits per heavy atom. The molecule has 4 heterocycles. The molecule has 25 heavy (non-hydrogen) atoms. The summed E-state index contributed by atoms with van der Waals surface area (Å²) in [4.78, 5) is 2.60. The van der Waals surface area contributed by atoms with E-state index in [4.69, 9.17) is 9.47 Å². The fourth-order valence-corrected chi connectivity index (χ4v) is 5.52. The van der Waals surface area contributed by atoms with Gasteiger partial charge in [0.2, 0.25) is 0 Å². The molecule has 2 saturated carbocycles. The molecule has 2 aliphatic carbocycles. The molecule has 2 unspecified atom stereocenters. The number of hydrogen-bond acceptors (Lipinski definition) is 4. The van der Waals surface area contributed by atoms with Crippen molar-refractivity contribution < 1.29 is 9.47 Å². The Hall–Kier alpha value is -1.43. The number of piperidine rings is 1. The summed E-state index contributed by atoms with van der Waals surface area (Å²) in [5, 5.41) is 8.34. The summed E-state index contributed by atoms with van der Waals surface area (Å²) >= 11 is 0. The first kappa shape index (κ1) is 14.7. The average molecular weight is 339 g/mol. The van der Waals surface area contributed by atoms with Crippen LogP contribution >= 0.6 is 0 Å². The molecule has 2 aromatic rings. The summed E-state index contributed by atoms with van der Waals surface area (Å²) in [7, 11) is 0. The van der Waals surface area contributed by atoms with Crippen LogP contribution in [0, 0.1) is 17.3 Å². The SMILES string of the molecule is c1cc2[nH]ncc2cc1CN1CC2CC2(COCC23CC(CO2)C3)C1. The van der Waals surface area contributed by atoms with Crippen LogP contribution in [-0.4, -0.2) is 53.6 Å². The minimum absolute atomic E-state index is 0.101. The van der Waals surface area contributed by atoms with Crippen molar-refractivity contribution in [3.8, 4) is 0 Å². The number of nitrogens with one attached hydrogen (secondary N) is 1. The van der Waals surface area contributed by atoms with Gasteiger partial charge in [-0.25, -0.2) is 0 Å². The van der Waals surface area contributed by atoms with Crippen LogP contribution in [0.15, 0.2) is 24.4 Å². The standard InChI is InChI=1S/C20H25N3O2/c1-2-18-16(7-21-22-18)3-14(1)8-23-9-17-6-19(17,11-23)12-24-13-20-4-15(5-20)10-25-20/h1-3,7,15,17H,4-6,8-13H2,(H,21,22). The third-order valence-electron chi connectivity index (χ3n) is 6.99. The first-order valence-corrected chi connectivity index (χ1v) is 9.58. The zero-order chi connectivity index (χ0) is 16.5. The summed E-state index contributed by atoms with van der Waals surface area (Å²) in [6.45, 7) is 6.13. The molecule has 3 aliphatic heterocycles. The van der Waals surface area contributed by atoms with Gasteiger partial charge >= 0.3 is 0 Å². The maximum atomic E-state index is 6.17. The Morgan fingerprint density at radius 3 is 3.12 bits per heavy atom. The van der Waals surface area contributed by atoms with Crippen LogP contribution in [-0.2, 0) is 16.0 Å². The summed E-state index contributed by atoms with van der Waals surface area (Å²) in [5.41, 5.74) is 3.02. The molecule has 2 atom stereocenters. The van der Waals surface area contributed by atoms with Crippen molar-refractivity contribution in [3.05, 3.63) is 30.0 Å². The predicted molar refractivity (Wildman–Crippen MR) is 94.1 cm³/mol. The van der Waals surface area contributed by atoms with Gasteiger partial charge in [-0.15, -0.1) is 0 Å². The van der Waals surface area contributed by atoms with Crippen LogP contribution in [0.25, 0.3) is 10.9 Å². The van der Waals surface area contributed by atoms with Gasteiger partial charge in [0.05, 0.1) is 37.1 Å². The number of likely N-dealkylation sites (tertiary alicyclic amines) is 1. The Labute approximate surface area is 147 Å². The van der Waals surface area contributed by atoms with E-state index in [0.717, 1.165) is 43.7 Å². The van der Waals surface area contributed by atoms with E-state index < -0.39 is 0 Å². The van der Waals surface area contributed by atoms with E-state index in [0.29, 0.717) is 5.41 Å². The number of rotatable bonds is 6. The molecule has 1 aromatic heterocycles. The van der Waals surface area contributed by atoms with Crippen molar-refractivity contribution >= 4 is 10.9 Å². The number of nitrogens with zero attached hydrogens (tertiary/aromatic N) is 2. The van der Waals surface area contributed by atoms with E-state index >= 15 is 0 Å². The molecule has 132 valence electrons. The molecule has 1 N–H and O–H groups in total. The van der Waals surface area contributed by atoms with Crippen LogP contribution < -0.4 is 0 Å². The molecule has 0 spiro atoms. The molecule has 5 nitrogen and oxygen atoms in total. The number of aromatic nitrogens is 2. The summed E-state index contributed by atoms with van der Waals surface area (Å²) < 4.78 is 12.1. The van der Waals surface area contributed by atoms with E-state index in [-0.39, 0.29) is 5.60 Å². The zero-order valence-electron chi connectivity index (χ0n) is 14.5. The predicted octanol–water partition coefficient (Wildman–Crippen LogP) is 2.58. The molecule has 3 saturated heterocycles. The van der Waals surface area contributed by atoms with E-state index in [1.165, 1.54) is 43.3 Å². The summed E-state index contributed by atoms with van der Waals surface area (Å²) in [5.74, 6) is 1.66. The quantitative estimate of drug-likeness (QED) is 0.879. The van der Waals surface area contributed by atoms with Crippen LogP contribution in [0.1, 0.15) is 24.8 Å². The summed E-state index contributed by atoms with van der Waals surface area (Å²) in [6.07, 6.45) is 5.71. The fourth-order valence-electron chi connectivity index (χ4n) is 5.52. The average Bonchev–Trinajstić information content (AvgIpc) is 3.09. The second-order valence-corrected chi connectivity index (χ2v) is 8.99. The van der Waals surface area contributed by atoms with E-state index in [2.05, 4.69) is 33.3 Å². The van der Waals surface area contributed by atoms with Gasteiger partial charge in [-0.3, -0.25) is 10.00 Å². The third-order valence-corrected chi connectivity index (χ3v) is 6.99. The number of benzene rings is 1. The van der Waals surface area contributed by atoms with Gasteiger partial charge in [0.25, 0.3) is 0 Å². The first-order chi connectivity index (χ1) is 12.2. The molecular formula is C20H25N3O2. The lowest BCUT2D eigenvalue weighted by molar-refractivity contribution is -0.0786. The lowest BCUT2D eigenvalue weighted by atomic mass is 9.75. The monoisotopic (exact) mass is 339 g/mol. The lowest BCUT2D eigenvalue weighted by Gasteiger charge is -2.35. The van der Waals surface area contributed by atoms with Crippen molar-refractivity contribution in [2.45, 2.75) is 31.4 Å². The Balaban J connectivity index is 1.05. The maximum absolute atomic E-state index is 6.17. The summed E-state index contributed by atoms with van der Waals surface area (Å²) in [6, 6.07) is 6.62. The molecule has 7 rings (SSSR count). The van der Waals surface area contributed by atoms with Gasteiger partial charge < -0.3 is 9.47 Å². The van der Waals surface area contributed by atoms with Crippen molar-refractivity contribution in [2.75, 3.05) is 32.9 Å². The molecule has 2 bridgehead atoms. The third kappa shape index (κ3) is 2.36. The van der Waals surface area contributed by atoms with E-state index in [1.807, 2.05) is 6.20 Å². The molecule has 5 heteroatoms. The minimum atomic E-state index is 0.101. The topological polar surface area (TPSA) is 50.4 Å². The molecule has 5 aliphatic rings. The maximum Gasteiger partial charge on any atom is 0.0921 e. The van der Waals surface area contributed by atoms with E-state index in [9.17, 15) is 0 Å². The largest absolute Gasteiger partial charge is 0.378 e. The van der Waals surface area contributed by atoms with E-state index in [1.54, 1.807) is 0 Å². The van der Waals surface area contributed by atoms with Gasteiger partial charge in [-0.05, 0) is 48.8 Å². The highest BCUT2D eigenvalue weighted by molar-refractivity contribution is 5.78. The lowest BCUT2D eigenvalue weighted by Crippen LogP contribution is -2.41. The Bertz CT molecular complexity index is 807. The highest BCUT2D eigenvalue weighted by Crippen LogP contribution is 2.58. The molecule has 5 fully saturated rings. The smallest absolute Gasteiger partial charge is 0.0921 e. The molecule has 0 amide bonds. The minimum Gasteiger partial charge on any atom is -0.378 e. The highest BCUT2D eigenvalue weighted by atomic mass is 16.6. The van der Waals surface area contributed by atoms with Crippen LogP contribution in [0.4, 0.5) is 0 Å². The van der Waals surface area contributed by atoms with Gasteiger partial charge in [0.1, 0.15) is 0 Å². The van der Waals surface area contributed by atoms with Crippen LogP contribution in [0.3, 0.4) is 0 Å². The van der Waals surface area contributed by atoms with Crippen LogP contribution in [0.5, 0.6) is 0 Å². The number of ether oxygens (including phenoxy) is 2. The molecule has 1 aromatic carbocycles. The second-order valence-electron chi connectivity index (χ2n) is 8.99.